The summed E-state index contributed by atoms with van der Waals surface area (Å²) in [6.45, 7) is 4.93. The summed E-state index contributed by atoms with van der Waals surface area (Å²) in [5, 5.41) is 9.83. The lowest BCUT2D eigenvalue weighted by Crippen LogP contribution is -2.46. The van der Waals surface area contributed by atoms with Gasteiger partial charge in [-0.1, -0.05) is 0 Å². The summed E-state index contributed by atoms with van der Waals surface area (Å²) >= 11 is 0. The lowest BCUT2D eigenvalue weighted by molar-refractivity contribution is 0.0329. The van der Waals surface area contributed by atoms with E-state index >= 15 is 0 Å². The fourth-order valence-electron chi connectivity index (χ4n) is 1.92. The predicted octanol–water partition coefficient (Wildman–Crippen LogP) is -0.668. The Hall–Kier alpha value is -0.160. The third kappa shape index (κ3) is 3.20. The lowest BCUT2D eigenvalue weighted by Gasteiger charge is -2.28. The highest BCUT2D eigenvalue weighted by atomic mass is 16.3. The number of likely N-dealkylation sites (tertiary alicyclic amines) is 1. The highest BCUT2D eigenvalue weighted by Gasteiger charge is 2.29. The van der Waals surface area contributed by atoms with Crippen LogP contribution in [0.5, 0.6) is 0 Å². The average Bonchev–Trinajstić information content (AvgIpc) is 2.52. The molecule has 0 aromatic carbocycles. The number of rotatable bonds is 4. The van der Waals surface area contributed by atoms with Gasteiger partial charge in [-0.3, -0.25) is 4.90 Å². The molecule has 2 atom stereocenters. The van der Waals surface area contributed by atoms with Gasteiger partial charge in [0.25, 0.3) is 0 Å². The number of hydrogen-bond donors (Lipinski definition) is 2. The van der Waals surface area contributed by atoms with Crippen LogP contribution < -0.4 is 5.73 Å². The number of aliphatic hydroxyl groups is 1. The molecule has 0 saturated carbocycles. The van der Waals surface area contributed by atoms with Crippen LogP contribution in [0, 0.1) is 0 Å². The van der Waals surface area contributed by atoms with E-state index in [-0.39, 0.29) is 0 Å². The largest absolute Gasteiger partial charge is 0.388 e. The standard InChI is InChI=1S/C10H23N3O/c1-10(14,7-11)8-13-5-4-9(6-13)12(2)3/h9,14H,4-8,11H2,1-3H3. The van der Waals surface area contributed by atoms with Crippen molar-refractivity contribution in [3.63, 3.8) is 0 Å². The molecule has 4 nitrogen and oxygen atoms in total. The van der Waals surface area contributed by atoms with E-state index < -0.39 is 5.60 Å². The number of likely N-dealkylation sites (N-methyl/N-ethyl adjacent to an activating group) is 1. The molecule has 0 bridgehead atoms. The van der Waals surface area contributed by atoms with Gasteiger partial charge in [0.2, 0.25) is 0 Å². The summed E-state index contributed by atoms with van der Waals surface area (Å²) in [7, 11) is 4.21. The number of nitrogens with zero attached hydrogens (tertiary/aromatic N) is 2. The van der Waals surface area contributed by atoms with E-state index in [1.54, 1.807) is 6.92 Å². The second-order valence-electron chi connectivity index (χ2n) is 4.84. The van der Waals surface area contributed by atoms with E-state index in [0.717, 1.165) is 13.1 Å². The van der Waals surface area contributed by atoms with Crippen molar-refractivity contribution in [2.75, 3.05) is 40.3 Å². The Morgan fingerprint density at radius 3 is 2.64 bits per heavy atom. The number of nitrogens with two attached hydrogens (primary N) is 1. The molecule has 3 N–H and O–H groups in total. The van der Waals surface area contributed by atoms with Crippen molar-refractivity contribution in [2.24, 2.45) is 5.73 Å². The molecule has 0 amide bonds. The maximum absolute atomic E-state index is 9.83. The summed E-state index contributed by atoms with van der Waals surface area (Å²) < 4.78 is 0. The Bertz CT molecular complexity index is 182. The molecule has 0 aliphatic carbocycles. The molecule has 0 aromatic rings. The van der Waals surface area contributed by atoms with Gasteiger partial charge in [0.1, 0.15) is 0 Å². The topological polar surface area (TPSA) is 52.7 Å². The lowest BCUT2D eigenvalue weighted by atomic mass is 10.1. The third-order valence-corrected chi connectivity index (χ3v) is 2.98. The first-order chi connectivity index (χ1) is 6.44. The number of β-amino-alcohol motifs (C(OH)–C–C–N with tert-alkyl or cyclic N) is 1. The van der Waals surface area contributed by atoms with Crippen molar-refractivity contribution >= 4 is 0 Å². The van der Waals surface area contributed by atoms with E-state index in [2.05, 4.69) is 23.9 Å². The van der Waals surface area contributed by atoms with Crippen LogP contribution in [0.25, 0.3) is 0 Å². The van der Waals surface area contributed by atoms with Gasteiger partial charge < -0.3 is 15.7 Å². The van der Waals surface area contributed by atoms with Crippen LogP contribution in [0.15, 0.2) is 0 Å². The molecule has 4 heteroatoms. The van der Waals surface area contributed by atoms with Crippen molar-refractivity contribution in [3.05, 3.63) is 0 Å². The molecule has 1 saturated heterocycles. The molecule has 1 aliphatic heterocycles. The van der Waals surface area contributed by atoms with Crippen molar-refractivity contribution in [1.82, 2.24) is 9.80 Å². The Morgan fingerprint density at radius 1 is 1.57 bits per heavy atom. The van der Waals surface area contributed by atoms with Crippen LogP contribution in [0.4, 0.5) is 0 Å². The molecule has 84 valence electrons. The van der Waals surface area contributed by atoms with Crippen LogP contribution in [0.1, 0.15) is 13.3 Å². The minimum atomic E-state index is -0.735. The van der Waals surface area contributed by atoms with Crippen LogP contribution >= 0.6 is 0 Å². The molecule has 1 rings (SSSR count). The normalized spacial score (nSPS) is 28.3. The Kier molecular flexibility index (Phi) is 3.89. The van der Waals surface area contributed by atoms with E-state index in [9.17, 15) is 5.11 Å². The molecular weight excluding hydrogens is 178 g/mol. The van der Waals surface area contributed by atoms with Crippen molar-refractivity contribution in [3.8, 4) is 0 Å². The minimum Gasteiger partial charge on any atom is -0.388 e. The molecule has 0 radical (unpaired) electrons. The van der Waals surface area contributed by atoms with Gasteiger partial charge in [-0.25, -0.2) is 0 Å². The zero-order chi connectivity index (χ0) is 10.8. The highest BCUT2D eigenvalue weighted by molar-refractivity contribution is 4.86. The molecule has 1 fully saturated rings. The summed E-state index contributed by atoms with van der Waals surface area (Å²) in [4.78, 5) is 4.54. The monoisotopic (exact) mass is 201 g/mol. The van der Waals surface area contributed by atoms with Gasteiger partial charge in [-0.05, 0) is 34.0 Å². The predicted molar refractivity (Wildman–Crippen MR) is 58.2 cm³/mol. The first-order valence-electron chi connectivity index (χ1n) is 5.26. The zero-order valence-corrected chi connectivity index (χ0v) is 9.53. The Morgan fingerprint density at radius 2 is 2.21 bits per heavy atom. The van der Waals surface area contributed by atoms with Gasteiger partial charge in [0.15, 0.2) is 0 Å². The van der Waals surface area contributed by atoms with E-state index in [1.807, 2.05) is 0 Å². The van der Waals surface area contributed by atoms with Crippen LogP contribution in [-0.2, 0) is 0 Å². The van der Waals surface area contributed by atoms with Crippen LogP contribution in [-0.4, -0.2) is 66.8 Å². The smallest absolute Gasteiger partial charge is 0.0867 e. The van der Waals surface area contributed by atoms with Gasteiger partial charge in [0.05, 0.1) is 5.60 Å². The first kappa shape index (κ1) is 11.9. The molecule has 2 unspecified atom stereocenters. The van der Waals surface area contributed by atoms with Crippen LogP contribution in [0.3, 0.4) is 0 Å². The SMILES string of the molecule is CN(C)C1CCN(CC(C)(O)CN)C1. The fourth-order valence-corrected chi connectivity index (χ4v) is 1.92. The molecule has 1 heterocycles. The Balaban J connectivity index is 2.36. The Labute approximate surface area is 86.7 Å². The van der Waals surface area contributed by atoms with E-state index in [0.29, 0.717) is 19.1 Å². The van der Waals surface area contributed by atoms with E-state index in [1.165, 1.54) is 6.42 Å². The fraction of sp³-hybridized carbons (Fsp3) is 1.00. The maximum Gasteiger partial charge on any atom is 0.0867 e. The van der Waals surface area contributed by atoms with Crippen molar-refractivity contribution < 1.29 is 5.11 Å². The van der Waals surface area contributed by atoms with Crippen molar-refractivity contribution in [2.45, 2.75) is 25.0 Å². The second-order valence-corrected chi connectivity index (χ2v) is 4.84. The third-order valence-electron chi connectivity index (χ3n) is 2.98. The summed E-state index contributed by atoms with van der Waals surface area (Å²) in [6, 6.07) is 0.628. The molecular formula is C10H23N3O. The zero-order valence-electron chi connectivity index (χ0n) is 9.53. The van der Waals surface area contributed by atoms with Gasteiger partial charge in [-0.2, -0.15) is 0 Å². The molecule has 1 aliphatic rings. The van der Waals surface area contributed by atoms with Crippen LogP contribution in [0.2, 0.25) is 0 Å². The van der Waals surface area contributed by atoms with Gasteiger partial charge >= 0.3 is 0 Å². The summed E-state index contributed by atoms with van der Waals surface area (Å²) in [6.07, 6.45) is 1.19. The van der Waals surface area contributed by atoms with Gasteiger partial charge in [-0.15, -0.1) is 0 Å². The average molecular weight is 201 g/mol. The molecule has 0 aromatic heterocycles. The minimum absolute atomic E-state index is 0.329. The maximum atomic E-state index is 9.83. The number of hydrogen-bond acceptors (Lipinski definition) is 4. The summed E-state index contributed by atoms with van der Waals surface area (Å²) in [5.41, 5.74) is 4.76. The molecule has 0 spiro atoms. The summed E-state index contributed by atoms with van der Waals surface area (Å²) in [5.74, 6) is 0. The molecule has 14 heavy (non-hydrogen) atoms. The second kappa shape index (κ2) is 4.57. The van der Waals surface area contributed by atoms with Crippen molar-refractivity contribution in [1.29, 1.82) is 0 Å². The van der Waals surface area contributed by atoms with Gasteiger partial charge in [0, 0.05) is 25.7 Å². The highest BCUT2D eigenvalue weighted by Crippen LogP contribution is 2.15. The first-order valence-corrected chi connectivity index (χ1v) is 5.26. The van der Waals surface area contributed by atoms with E-state index in [4.69, 9.17) is 5.73 Å². The quantitative estimate of drug-likeness (QED) is 0.633.